The van der Waals surface area contributed by atoms with Gasteiger partial charge in [-0.15, -0.1) is 0 Å². The first-order valence-corrected chi connectivity index (χ1v) is 13.8. The van der Waals surface area contributed by atoms with Crippen molar-refractivity contribution in [2.24, 2.45) is 0 Å². The highest BCUT2D eigenvalue weighted by atomic mass is 35.5. The smallest absolute Gasteiger partial charge is 0.339 e. The van der Waals surface area contributed by atoms with E-state index in [1.807, 2.05) is 0 Å². The molecule has 0 aromatic heterocycles. The molecule has 0 saturated carbocycles. The molecule has 0 aliphatic carbocycles. The summed E-state index contributed by atoms with van der Waals surface area (Å²) in [6, 6.07) is 7.37. The normalized spacial score (nSPS) is 15.9. The van der Waals surface area contributed by atoms with Crippen LogP contribution in [0.5, 0.6) is 0 Å². The van der Waals surface area contributed by atoms with Crippen molar-refractivity contribution in [1.82, 2.24) is 8.61 Å². The van der Waals surface area contributed by atoms with E-state index in [1.54, 1.807) is 0 Å². The summed E-state index contributed by atoms with van der Waals surface area (Å²) in [6.07, 6.45) is 0.216. The van der Waals surface area contributed by atoms with Crippen LogP contribution in [0.25, 0.3) is 0 Å². The Morgan fingerprint density at radius 2 is 1.09 bits per heavy atom. The van der Waals surface area contributed by atoms with Gasteiger partial charge in [-0.25, -0.2) is 26.4 Å². The number of carbonyl (C=O) groups excluding carboxylic acids is 2. The van der Waals surface area contributed by atoms with Gasteiger partial charge in [0.1, 0.15) is 0 Å². The summed E-state index contributed by atoms with van der Waals surface area (Å²) in [5, 5.41) is 0.0800. The van der Waals surface area contributed by atoms with Crippen molar-refractivity contribution in [3.63, 3.8) is 0 Å². The van der Waals surface area contributed by atoms with Gasteiger partial charge in [0.2, 0.25) is 20.0 Å². The van der Waals surface area contributed by atoms with E-state index in [2.05, 4.69) is 9.47 Å². The average Bonchev–Trinajstić information content (AvgIpc) is 3.11. The molecule has 35 heavy (non-hydrogen) atoms. The third kappa shape index (κ3) is 5.63. The number of methoxy groups -OCH3 is 2. The van der Waals surface area contributed by atoms with Crippen LogP contribution in [0, 0.1) is 0 Å². The van der Waals surface area contributed by atoms with Crippen LogP contribution in [0.4, 0.5) is 0 Å². The number of ether oxygens (including phenoxy) is 2. The van der Waals surface area contributed by atoms with Crippen LogP contribution in [0.2, 0.25) is 10.0 Å². The maximum Gasteiger partial charge on any atom is 0.339 e. The van der Waals surface area contributed by atoms with Crippen molar-refractivity contribution in [3.05, 3.63) is 57.6 Å². The summed E-state index contributed by atoms with van der Waals surface area (Å²) in [7, 11) is -5.82. The van der Waals surface area contributed by atoms with Crippen LogP contribution >= 0.6 is 23.2 Å². The zero-order chi connectivity index (χ0) is 26.0. The lowest BCUT2D eigenvalue weighted by atomic mass is 10.2. The predicted molar refractivity (Wildman–Crippen MR) is 128 cm³/mol. The highest BCUT2D eigenvalue weighted by Gasteiger charge is 2.33. The second-order valence-corrected chi connectivity index (χ2v) is 12.1. The molecule has 190 valence electrons. The number of hydrogen-bond donors (Lipinski definition) is 0. The molecule has 3 rings (SSSR count). The Bertz CT molecular complexity index is 1260. The monoisotopic (exact) mass is 564 g/mol. The Kier molecular flexibility index (Phi) is 8.45. The van der Waals surface area contributed by atoms with E-state index >= 15 is 0 Å². The number of hydrogen-bond acceptors (Lipinski definition) is 8. The van der Waals surface area contributed by atoms with Crippen LogP contribution < -0.4 is 0 Å². The Labute approximate surface area is 213 Å². The summed E-state index contributed by atoms with van der Waals surface area (Å²) >= 11 is 12.0. The Morgan fingerprint density at radius 3 is 1.43 bits per heavy atom. The number of rotatable bonds is 6. The summed E-state index contributed by atoms with van der Waals surface area (Å²) in [5.41, 5.74) is -0.197. The topological polar surface area (TPSA) is 127 Å². The molecule has 1 aliphatic heterocycles. The number of benzene rings is 2. The molecule has 0 N–H and O–H groups in total. The van der Waals surface area contributed by atoms with Crippen molar-refractivity contribution in [2.75, 3.05) is 40.4 Å². The van der Waals surface area contributed by atoms with Crippen molar-refractivity contribution in [3.8, 4) is 0 Å². The third-order valence-corrected chi connectivity index (χ3v) is 9.82. The van der Waals surface area contributed by atoms with E-state index in [0.29, 0.717) is 0 Å². The van der Waals surface area contributed by atoms with Crippen LogP contribution in [-0.2, 0) is 29.5 Å². The molecule has 10 nitrogen and oxygen atoms in total. The Balaban J connectivity index is 1.86. The van der Waals surface area contributed by atoms with Gasteiger partial charge >= 0.3 is 11.9 Å². The van der Waals surface area contributed by atoms with Gasteiger partial charge in [-0.05, 0) is 42.8 Å². The molecule has 2 aromatic rings. The van der Waals surface area contributed by atoms with Gasteiger partial charge in [0.15, 0.2) is 0 Å². The van der Waals surface area contributed by atoms with E-state index in [4.69, 9.17) is 23.2 Å². The largest absolute Gasteiger partial charge is 0.465 e. The molecule has 1 fully saturated rings. The fourth-order valence-corrected chi connectivity index (χ4v) is 6.89. The fourth-order valence-electron chi connectivity index (χ4n) is 3.51. The van der Waals surface area contributed by atoms with Crippen molar-refractivity contribution >= 4 is 55.2 Å². The molecule has 1 saturated heterocycles. The minimum absolute atomic E-state index is 0.0400. The van der Waals surface area contributed by atoms with Crippen molar-refractivity contribution in [1.29, 1.82) is 0 Å². The zero-order valence-corrected chi connectivity index (χ0v) is 21.9. The first-order chi connectivity index (χ1) is 16.4. The van der Waals surface area contributed by atoms with Crippen LogP contribution in [0.1, 0.15) is 27.1 Å². The zero-order valence-electron chi connectivity index (χ0n) is 18.7. The maximum absolute atomic E-state index is 13.2. The number of halogens is 2. The lowest BCUT2D eigenvalue weighted by Crippen LogP contribution is -2.37. The number of carbonyl (C=O) groups is 2. The number of esters is 2. The van der Waals surface area contributed by atoms with Crippen LogP contribution in [0.3, 0.4) is 0 Å². The molecule has 0 spiro atoms. The lowest BCUT2D eigenvalue weighted by molar-refractivity contribution is 0.0591. The van der Waals surface area contributed by atoms with Gasteiger partial charge < -0.3 is 9.47 Å². The molecule has 1 aliphatic rings. The van der Waals surface area contributed by atoms with Gasteiger partial charge in [-0.3, -0.25) is 0 Å². The SMILES string of the molecule is COC(=O)c1cc(S(=O)(=O)N2CCCN(S(=O)(=O)c3ccc(Cl)c(C(=O)OC)c3)CC2)ccc1Cl. The quantitative estimate of drug-likeness (QED) is 0.490. The molecule has 14 heteroatoms. The number of nitrogens with zero attached hydrogens (tertiary/aromatic N) is 2. The van der Waals surface area contributed by atoms with E-state index in [1.165, 1.54) is 24.3 Å². The van der Waals surface area contributed by atoms with Gasteiger partial charge in [0.05, 0.1) is 45.2 Å². The summed E-state index contributed by atoms with van der Waals surface area (Å²) in [4.78, 5) is 23.5. The molecular formula is C21H22Cl2N2O8S2. The van der Waals surface area contributed by atoms with Crippen molar-refractivity contribution < 1.29 is 35.9 Å². The molecule has 0 amide bonds. The first kappa shape index (κ1) is 27.4. The Hall–Kier alpha value is -2.22. The molecule has 2 aromatic carbocycles. The first-order valence-electron chi connectivity index (χ1n) is 10.2. The second kappa shape index (κ2) is 10.8. The summed E-state index contributed by atoms with van der Waals surface area (Å²) in [6.45, 7) is -0.151. The highest BCUT2D eigenvalue weighted by Crippen LogP contribution is 2.27. The summed E-state index contributed by atoms with van der Waals surface area (Å²) in [5.74, 6) is -1.57. The van der Waals surface area contributed by atoms with Gasteiger partial charge in [0, 0.05) is 26.2 Å². The standard InChI is InChI=1S/C21H22Cl2N2O8S2/c1-32-20(26)16-12-14(4-6-18(16)22)34(28,29)24-8-3-9-25(11-10-24)35(30,31)15-5-7-19(23)17(13-15)21(27)33-2/h4-7,12-13H,3,8-11H2,1-2H3. The highest BCUT2D eigenvalue weighted by molar-refractivity contribution is 7.89. The third-order valence-electron chi connectivity index (χ3n) is 5.38. The average molecular weight is 565 g/mol. The maximum atomic E-state index is 13.2. The van der Waals surface area contributed by atoms with Gasteiger partial charge in [0.25, 0.3) is 0 Å². The fraction of sp³-hybridized carbons (Fsp3) is 0.333. The Morgan fingerprint density at radius 1 is 0.714 bits per heavy atom. The minimum atomic E-state index is -4.06. The second-order valence-electron chi connectivity index (χ2n) is 7.43. The molecule has 0 radical (unpaired) electrons. The molecule has 0 bridgehead atoms. The minimum Gasteiger partial charge on any atom is -0.465 e. The van der Waals surface area contributed by atoms with Gasteiger partial charge in [-0.1, -0.05) is 23.2 Å². The van der Waals surface area contributed by atoms with E-state index < -0.39 is 32.0 Å². The van der Waals surface area contributed by atoms with E-state index in [9.17, 15) is 26.4 Å². The molecular weight excluding hydrogens is 543 g/mol. The van der Waals surface area contributed by atoms with Crippen LogP contribution in [0.15, 0.2) is 46.2 Å². The summed E-state index contributed by atoms with van der Waals surface area (Å²) < 4.78 is 64.5. The van der Waals surface area contributed by atoms with Crippen molar-refractivity contribution in [2.45, 2.75) is 16.2 Å². The number of sulfonamides is 2. The molecule has 1 heterocycles. The van der Waals surface area contributed by atoms with Gasteiger partial charge in [-0.2, -0.15) is 8.61 Å². The van der Waals surface area contributed by atoms with E-state index in [0.717, 1.165) is 35.0 Å². The predicted octanol–water partition coefficient (Wildman–Crippen LogP) is 2.65. The molecule has 0 unspecified atom stereocenters. The lowest BCUT2D eigenvalue weighted by Gasteiger charge is -2.22. The van der Waals surface area contributed by atoms with E-state index in [-0.39, 0.29) is 63.6 Å². The molecule has 0 atom stereocenters. The van der Waals surface area contributed by atoms with Crippen LogP contribution in [-0.4, -0.2) is 77.8 Å².